The van der Waals surface area contributed by atoms with Gasteiger partial charge in [-0.25, -0.2) is 0 Å². The third-order valence-electron chi connectivity index (χ3n) is 2.49. The Morgan fingerprint density at radius 1 is 1.39 bits per heavy atom. The van der Waals surface area contributed by atoms with E-state index in [0.29, 0.717) is 11.6 Å². The predicted octanol–water partition coefficient (Wildman–Crippen LogP) is 2.72. The largest absolute Gasteiger partial charge is 0.350 e. The number of rotatable bonds is 4. The summed E-state index contributed by atoms with van der Waals surface area (Å²) in [6.07, 6.45) is 0. The van der Waals surface area contributed by atoms with Gasteiger partial charge in [0.25, 0.3) is 0 Å². The van der Waals surface area contributed by atoms with Crippen molar-refractivity contribution in [3.8, 4) is 0 Å². The van der Waals surface area contributed by atoms with Crippen molar-refractivity contribution in [1.29, 1.82) is 0 Å². The zero-order valence-corrected chi connectivity index (χ0v) is 11.2. The summed E-state index contributed by atoms with van der Waals surface area (Å²) in [4.78, 5) is 12.7. The van der Waals surface area contributed by atoms with Gasteiger partial charge in [-0.3, -0.25) is 4.79 Å². The Labute approximate surface area is 115 Å². The Morgan fingerprint density at radius 2 is 2.22 bits per heavy atom. The fourth-order valence-corrected chi connectivity index (χ4v) is 2.48. The average molecular weight is 281 g/mol. The van der Waals surface area contributed by atoms with Crippen LogP contribution in [0.3, 0.4) is 0 Å². The van der Waals surface area contributed by atoms with E-state index in [1.807, 2.05) is 35.7 Å². The van der Waals surface area contributed by atoms with Crippen molar-refractivity contribution in [3.63, 3.8) is 0 Å². The molecule has 1 aromatic carbocycles. The molecule has 1 amide bonds. The van der Waals surface area contributed by atoms with Crippen LogP contribution in [-0.4, -0.2) is 5.91 Å². The van der Waals surface area contributed by atoms with Gasteiger partial charge in [0.05, 0.1) is 0 Å². The molecule has 0 saturated carbocycles. The molecule has 2 rings (SSSR count). The quantitative estimate of drug-likeness (QED) is 0.905. The van der Waals surface area contributed by atoms with Gasteiger partial charge in [0.1, 0.15) is 6.04 Å². The van der Waals surface area contributed by atoms with E-state index in [9.17, 15) is 4.79 Å². The van der Waals surface area contributed by atoms with Crippen LogP contribution in [-0.2, 0) is 11.3 Å². The van der Waals surface area contributed by atoms with Crippen molar-refractivity contribution in [3.05, 3.63) is 57.2 Å². The number of nitrogens with two attached hydrogens (primary N) is 1. The lowest BCUT2D eigenvalue weighted by Crippen LogP contribution is -2.33. The van der Waals surface area contributed by atoms with E-state index in [-0.39, 0.29) is 5.91 Å². The molecule has 5 heteroatoms. The summed E-state index contributed by atoms with van der Waals surface area (Å²) in [6, 6.07) is 10.5. The first kappa shape index (κ1) is 13.1. The lowest BCUT2D eigenvalue weighted by Gasteiger charge is -2.10. The fraction of sp³-hybridized carbons (Fsp3) is 0.154. The Balaban J connectivity index is 1.92. The van der Waals surface area contributed by atoms with Crippen molar-refractivity contribution >= 4 is 28.8 Å². The molecule has 0 aliphatic carbocycles. The second-order valence-corrected chi connectivity index (χ2v) is 5.26. The highest BCUT2D eigenvalue weighted by molar-refractivity contribution is 7.10. The number of nitrogens with one attached hydrogen (secondary N) is 1. The van der Waals surface area contributed by atoms with Gasteiger partial charge in [0, 0.05) is 16.4 Å². The Kier molecular flexibility index (Phi) is 4.36. The number of carbonyl (C=O) groups excluding carboxylic acids is 1. The van der Waals surface area contributed by atoms with E-state index in [1.165, 1.54) is 11.3 Å². The summed E-state index contributed by atoms with van der Waals surface area (Å²) in [7, 11) is 0. The van der Waals surface area contributed by atoms with Crippen LogP contribution in [0.4, 0.5) is 0 Å². The molecular formula is C13H13ClN2OS. The maximum absolute atomic E-state index is 11.8. The van der Waals surface area contributed by atoms with Crippen LogP contribution < -0.4 is 11.1 Å². The third-order valence-corrected chi connectivity index (χ3v) is 3.68. The van der Waals surface area contributed by atoms with Crippen molar-refractivity contribution in [2.75, 3.05) is 0 Å². The molecule has 1 atom stereocenters. The minimum Gasteiger partial charge on any atom is -0.350 e. The maximum Gasteiger partial charge on any atom is 0.242 e. The Bertz CT molecular complexity index is 528. The average Bonchev–Trinajstić information content (AvgIpc) is 2.89. The van der Waals surface area contributed by atoms with E-state index in [0.717, 1.165) is 10.4 Å². The molecule has 3 nitrogen and oxygen atoms in total. The second-order valence-electron chi connectivity index (χ2n) is 3.84. The molecule has 18 heavy (non-hydrogen) atoms. The molecule has 1 unspecified atom stereocenters. The minimum absolute atomic E-state index is 0.183. The first-order chi connectivity index (χ1) is 8.66. The molecule has 0 aliphatic rings. The molecule has 1 heterocycles. The first-order valence-corrected chi connectivity index (χ1v) is 6.74. The number of carbonyl (C=O) groups is 1. The number of halogens is 1. The maximum atomic E-state index is 11.8. The lowest BCUT2D eigenvalue weighted by molar-refractivity contribution is -0.122. The highest BCUT2D eigenvalue weighted by atomic mass is 35.5. The molecule has 3 N–H and O–H groups in total. The van der Waals surface area contributed by atoms with Crippen molar-refractivity contribution in [2.24, 2.45) is 5.73 Å². The summed E-state index contributed by atoms with van der Waals surface area (Å²) < 4.78 is 0. The normalized spacial score (nSPS) is 12.1. The highest BCUT2D eigenvalue weighted by Gasteiger charge is 2.15. The second kappa shape index (κ2) is 6.00. The minimum atomic E-state index is -0.607. The molecule has 94 valence electrons. The smallest absolute Gasteiger partial charge is 0.242 e. The lowest BCUT2D eigenvalue weighted by atomic mass is 10.2. The van der Waals surface area contributed by atoms with Crippen LogP contribution in [0.1, 0.15) is 16.5 Å². The van der Waals surface area contributed by atoms with Crippen LogP contribution in [0.5, 0.6) is 0 Å². The number of hydrogen-bond acceptors (Lipinski definition) is 3. The van der Waals surface area contributed by atoms with E-state index < -0.39 is 6.04 Å². The molecule has 0 aliphatic heterocycles. The van der Waals surface area contributed by atoms with Crippen LogP contribution >= 0.6 is 22.9 Å². The standard InChI is InChI=1S/C13H13ClN2OS/c14-10-4-1-3-9(7-10)8-16-13(17)12(15)11-5-2-6-18-11/h1-7,12H,8,15H2,(H,16,17). The van der Waals surface area contributed by atoms with Crippen molar-refractivity contribution < 1.29 is 4.79 Å². The van der Waals surface area contributed by atoms with Crippen LogP contribution in [0.15, 0.2) is 41.8 Å². The molecule has 1 aromatic heterocycles. The van der Waals surface area contributed by atoms with Crippen molar-refractivity contribution in [1.82, 2.24) is 5.32 Å². The summed E-state index contributed by atoms with van der Waals surface area (Å²) in [5.74, 6) is -0.183. The molecule has 2 aromatic rings. The van der Waals surface area contributed by atoms with Crippen LogP contribution in [0, 0.1) is 0 Å². The summed E-state index contributed by atoms with van der Waals surface area (Å²) >= 11 is 7.34. The molecule has 0 spiro atoms. The number of hydrogen-bond donors (Lipinski definition) is 2. The first-order valence-electron chi connectivity index (χ1n) is 5.48. The van der Waals surface area contributed by atoms with Crippen LogP contribution in [0.25, 0.3) is 0 Å². The molecule has 0 bridgehead atoms. The van der Waals surface area contributed by atoms with Gasteiger partial charge in [-0.05, 0) is 29.1 Å². The van der Waals surface area contributed by atoms with Gasteiger partial charge in [-0.2, -0.15) is 0 Å². The number of amides is 1. The molecule has 0 saturated heterocycles. The number of benzene rings is 1. The van der Waals surface area contributed by atoms with Gasteiger partial charge in [-0.1, -0.05) is 29.8 Å². The van der Waals surface area contributed by atoms with E-state index in [4.69, 9.17) is 17.3 Å². The zero-order valence-electron chi connectivity index (χ0n) is 9.60. The van der Waals surface area contributed by atoms with E-state index in [1.54, 1.807) is 6.07 Å². The van der Waals surface area contributed by atoms with Gasteiger partial charge in [-0.15, -0.1) is 11.3 Å². The summed E-state index contributed by atoms with van der Waals surface area (Å²) in [5, 5.41) is 5.36. The van der Waals surface area contributed by atoms with Crippen LogP contribution in [0.2, 0.25) is 5.02 Å². The predicted molar refractivity (Wildman–Crippen MR) is 74.5 cm³/mol. The SMILES string of the molecule is NC(C(=O)NCc1cccc(Cl)c1)c1cccs1. The Morgan fingerprint density at radius 3 is 2.89 bits per heavy atom. The Hall–Kier alpha value is -1.36. The van der Waals surface area contributed by atoms with Gasteiger partial charge in [0.15, 0.2) is 0 Å². The monoisotopic (exact) mass is 280 g/mol. The molecule has 0 radical (unpaired) electrons. The zero-order chi connectivity index (χ0) is 13.0. The van der Waals surface area contributed by atoms with E-state index >= 15 is 0 Å². The van der Waals surface area contributed by atoms with Crippen molar-refractivity contribution in [2.45, 2.75) is 12.6 Å². The molecular weight excluding hydrogens is 268 g/mol. The topological polar surface area (TPSA) is 55.1 Å². The van der Waals surface area contributed by atoms with Gasteiger partial charge >= 0.3 is 0 Å². The van der Waals surface area contributed by atoms with Gasteiger partial charge in [0.2, 0.25) is 5.91 Å². The number of thiophene rings is 1. The molecule has 0 fully saturated rings. The summed E-state index contributed by atoms with van der Waals surface area (Å²) in [6.45, 7) is 0.429. The van der Waals surface area contributed by atoms with E-state index in [2.05, 4.69) is 5.32 Å². The van der Waals surface area contributed by atoms with Gasteiger partial charge < -0.3 is 11.1 Å². The third kappa shape index (κ3) is 3.32. The highest BCUT2D eigenvalue weighted by Crippen LogP contribution is 2.17. The summed E-state index contributed by atoms with van der Waals surface area (Å²) in [5.41, 5.74) is 6.80. The fourth-order valence-electron chi connectivity index (χ4n) is 1.54.